The molecule has 0 amide bonds. The fourth-order valence-corrected chi connectivity index (χ4v) is 5.41. The lowest BCUT2D eigenvalue weighted by molar-refractivity contribution is -0.244. The van der Waals surface area contributed by atoms with Gasteiger partial charge in [-0.15, -0.1) is 0 Å². The van der Waals surface area contributed by atoms with Crippen LogP contribution >= 0.6 is 23.2 Å². The minimum absolute atomic E-state index is 0.371. The lowest BCUT2D eigenvalue weighted by atomic mass is 9.84. The standard InChI is InChI=1S/C27H24Cl2N2O4/c1-15-13-16(2)21(17(3)14-15)25-31-35-27(33-25,18-9-6-5-7-10-18)23-24(30-34-26(23)32-4)22-19(28)11-8-12-20(22)29/h5-14,23,26H,1-4H3/t23-,26-,27?/m0/s1. The predicted molar refractivity (Wildman–Crippen MR) is 136 cm³/mol. The Kier molecular flexibility index (Phi) is 6.21. The fraction of sp³-hybridized carbons (Fsp3) is 0.259. The molecule has 0 aromatic heterocycles. The van der Waals surface area contributed by atoms with Gasteiger partial charge < -0.3 is 19.1 Å². The maximum absolute atomic E-state index is 6.67. The molecule has 6 nitrogen and oxygen atoms in total. The molecular formula is C27H24Cl2N2O4. The van der Waals surface area contributed by atoms with Crippen LogP contribution in [0, 0.1) is 26.7 Å². The van der Waals surface area contributed by atoms with E-state index in [0.29, 0.717) is 27.2 Å². The average molecular weight is 511 g/mol. The van der Waals surface area contributed by atoms with Crippen LogP contribution in [-0.4, -0.2) is 25.0 Å². The molecule has 8 heteroatoms. The first-order valence-corrected chi connectivity index (χ1v) is 11.9. The molecule has 3 aromatic carbocycles. The van der Waals surface area contributed by atoms with Gasteiger partial charge in [0, 0.05) is 23.8 Å². The van der Waals surface area contributed by atoms with Gasteiger partial charge in [0.1, 0.15) is 5.71 Å². The Morgan fingerprint density at radius 3 is 2.14 bits per heavy atom. The number of hydrogen-bond donors (Lipinski definition) is 0. The van der Waals surface area contributed by atoms with Gasteiger partial charge in [0.05, 0.1) is 10.0 Å². The molecule has 0 aliphatic carbocycles. The summed E-state index contributed by atoms with van der Waals surface area (Å²) in [6.07, 6.45) is -0.840. The number of ether oxygens (including phenoxy) is 2. The summed E-state index contributed by atoms with van der Waals surface area (Å²) < 4.78 is 12.4. The van der Waals surface area contributed by atoms with Gasteiger partial charge in [-0.3, -0.25) is 0 Å². The van der Waals surface area contributed by atoms with Gasteiger partial charge in [-0.2, -0.15) is 0 Å². The molecule has 0 saturated heterocycles. The molecular weight excluding hydrogens is 487 g/mol. The highest BCUT2D eigenvalue weighted by Gasteiger charge is 2.60. The average Bonchev–Trinajstić information content (AvgIpc) is 3.44. The van der Waals surface area contributed by atoms with Crippen molar-refractivity contribution in [2.45, 2.75) is 32.8 Å². The molecule has 2 heterocycles. The summed E-state index contributed by atoms with van der Waals surface area (Å²) in [5.74, 6) is -1.78. The zero-order chi connectivity index (χ0) is 24.7. The summed E-state index contributed by atoms with van der Waals surface area (Å²) in [7, 11) is 1.54. The molecule has 1 unspecified atom stereocenters. The highest BCUT2D eigenvalue weighted by atomic mass is 35.5. The third kappa shape index (κ3) is 3.96. The summed E-state index contributed by atoms with van der Waals surface area (Å²) >= 11 is 13.1. The molecule has 35 heavy (non-hydrogen) atoms. The summed E-state index contributed by atoms with van der Waals surface area (Å²) in [4.78, 5) is 11.9. The predicted octanol–water partition coefficient (Wildman–Crippen LogP) is 6.50. The van der Waals surface area contributed by atoms with Crippen molar-refractivity contribution in [1.82, 2.24) is 0 Å². The van der Waals surface area contributed by atoms with Crippen molar-refractivity contribution in [1.29, 1.82) is 0 Å². The Morgan fingerprint density at radius 2 is 1.51 bits per heavy atom. The van der Waals surface area contributed by atoms with E-state index in [1.165, 1.54) is 7.11 Å². The van der Waals surface area contributed by atoms with Crippen molar-refractivity contribution in [3.8, 4) is 0 Å². The number of hydrogen-bond acceptors (Lipinski definition) is 6. The number of halogens is 2. The van der Waals surface area contributed by atoms with Crippen LogP contribution in [0.3, 0.4) is 0 Å². The summed E-state index contributed by atoms with van der Waals surface area (Å²) in [5, 5.41) is 9.62. The van der Waals surface area contributed by atoms with Gasteiger partial charge in [0.2, 0.25) is 6.29 Å². The van der Waals surface area contributed by atoms with E-state index >= 15 is 0 Å². The molecule has 180 valence electrons. The minimum atomic E-state index is -1.45. The highest BCUT2D eigenvalue weighted by molar-refractivity contribution is 6.40. The lowest BCUT2D eigenvalue weighted by Gasteiger charge is -2.34. The van der Waals surface area contributed by atoms with Crippen LogP contribution in [0.25, 0.3) is 0 Å². The first-order valence-electron chi connectivity index (χ1n) is 11.2. The van der Waals surface area contributed by atoms with Gasteiger partial charge in [0.15, 0.2) is 5.92 Å². The molecule has 0 bridgehead atoms. The van der Waals surface area contributed by atoms with E-state index in [4.69, 9.17) is 42.4 Å². The Balaban J connectivity index is 1.67. The van der Waals surface area contributed by atoms with E-state index in [9.17, 15) is 0 Å². The Morgan fingerprint density at radius 1 is 0.857 bits per heavy atom. The van der Waals surface area contributed by atoms with Crippen molar-refractivity contribution in [2.75, 3.05) is 7.11 Å². The van der Waals surface area contributed by atoms with Crippen LogP contribution in [-0.2, 0) is 24.9 Å². The van der Waals surface area contributed by atoms with Gasteiger partial charge >= 0.3 is 5.79 Å². The third-order valence-corrected chi connectivity index (χ3v) is 6.89. The van der Waals surface area contributed by atoms with Crippen LogP contribution < -0.4 is 0 Å². The van der Waals surface area contributed by atoms with Crippen molar-refractivity contribution in [3.05, 3.63) is 104 Å². The normalized spacial score (nSPS) is 23.3. The topological polar surface area (TPSA) is 61.6 Å². The van der Waals surface area contributed by atoms with E-state index in [2.05, 4.69) is 29.4 Å². The number of benzene rings is 3. The largest absolute Gasteiger partial charge is 0.425 e. The third-order valence-electron chi connectivity index (χ3n) is 6.26. The van der Waals surface area contributed by atoms with Crippen LogP contribution in [0.4, 0.5) is 0 Å². The van der Waals surface area contributed by atoms with E-state index in [1.807, 2.05) is 44.2 Å². The second kappa shape index (κ2) is 9.19. The molecule has 3 atom stereocenters. The van der Waals surface area contributed by atoms with Crippen LogP contribution in [0.5, 0.6) is 0 Å². The van der Waals surface area contributed by atoms with E-state index in [1.54, 1.807) is 18.2 Å². The zero-order valence-corrected chi connectivity index (χ0v) is 21.2. The lowest BCUT2D eigenvalue weighted by Crippen LogP contribution is -2.47. The molecule has 0 spiro atoms. The molecule has 2 aliphatic rings. The van der Waals surface area contributed by atoms with E-state index in [0.717, 1.165) is 27.8 Å². The maximum Gasteiger partial charge on any atom is 0.318 e. The quantitative estimate of drug-likeness (QED) is 0.392. The van der Waals surface area contributed by atoms with Crippen LogP contribution in [0.1, 0.15) is 33.4 Å². The zero-order valence-electron chi connectivity index (χ0n) is 19.7. The SMILES string of the molecule is CO[C@H]1ON=C(c2c(Cl)cccc2Cl)[C@@H]1C1(c2ccccc2)ON=C(c2c(C)cc(C)cc2C)O1. The molecule has 2 aliphatic heterocycles. The molecule has 5 rings (SSSR count). The van der Waals surface area contributed by atoms with Crippen LogP contribution in [0.2, 0.25) is 10.0 Å². The number of nitrogens with zero attached hydrogens (tertiary/aromatic N) is 2. The van der Waals surface area contributed by atoms with Gasteiger partial charge in [-0.25, -0.2) is 0 Å². The highest BCUT2D eigenvalue weighted by Crippen LogP contribution is 2.48. The first kappa shape index (κ1) is 23.7. The molecule has 0 fully saturated rings. The summed E-state index contributed by atoms with van der Waals surface area (Å²) in [5.41, 5.74) is 5.78. The summed E-state index contributed by atoms with van der Waals surface area (Å²) in [6, 6.07) is 19.0. The van der Waals surface area contributed by atoms with E-state index in [-0.39, 0.29) is 0 Å². The second-order valence-corrected chi connectivity index (χ2v) is 9.47. The number of oxime groups is 2. The second-order valence-electron chi connectivity index (χ2n) is 8.66. The minimum Gasteiger partial charge on any atom is -0.425 e. The number of methoxy groups -OCH3 is 1. The molecule has 3 aromatic rings. The monoisotopic (exact) mass is 510 g/mol. The number of rotatable bonds is 5. The molecule has 0 N–H and O–H groups in total. The number of aryl methyl sites for hydroxylation is 3. The van der Waals surface area contributed by atoms with Gasteiger partial charge in [0.25, 0.3) is 5.90 Å². The van der Waals surface area contributed by atoms with E-state index < -0.39 is 18.0 Å². The van der Waals surface area contributed by atoms with Crippen molar-refractivity contribution >= 4 is 34.8 Å². The van der Waals surface area contributed by atoms with Gasteiger partial charge in [-0.1, -0.05) is 82.5 Å². The Hall–Kier alpha value is -3.06. The van der Waals surface area contributed by atoms with Crippen molar-refractivity contribution in [2.24, 2.45) is 16.2 Å². The Bertz CT molecular complexity index is 1300. The smallest absolute Gasteiger partial charge is 0.318 e. The Labute approximate surface area is 214 Å². The molecule has 0 radical (unpaired) electrons. The van der Waals surface area contributed by atoms with Gasteiger partial charge in [-0.05, 0) is 49.2 Å². The maximum atomic E-state index is 6.67. The van der Waals surface area contributed by atoms with Crippen molar-refractivity contribution in [3.63, 3.8) is 0 Å². The van der Waals surface area contributed by atoms with Crippen molar-refractivity contribution < 1.29 is 19.1 Å². The molecule has 0 saturated carbocycles. The summed E-state index contributed by atoms with van der Waals surface area (Å²) in [6.45, 7) is 6.11. The van der Waals surface area contributed by atoms with Crippen LogP contribution in [0.15, 0.2) is 71.0 Å². The first-order chi connectivity index (χ1) is 16.9. The fourth-order valence-electron chi connectivity index (χ4n) is 4.82.